The van der Waals surface area contributed by atoms with Gasteiger partial charge in [0.25, 0.3) is 5.89 Å². The number of rotatable bonds is 9. The van der Waals surface area contributed by atoms with Gasteiger partial charge in [0.15, 0.2) is 5.69 Å². The van der Waals surface area contributed by atoms with Crippen molar-refractivity contribution in [3.8, 4) is 11.6 Å². The Morgan fingerprint density at radius 1 is 1.21 bits per heavy atom. The molecule has 0 saturated carbocycles. The highest BCUT2D eigenvalue weighted by atomic mass is 16.5. The van der Waals surface area contributed by atoms with Crippen LogP contribution in [0.15, 0.2) is 15.0 Å². The summed E-state index contributed by atoms with van der Waals surface area (Å²) in [6, 6.07) is 1.73. The molecular weight excluding hydrogens is 310 g/mol. The van der Waals surface area contributed by atoms with Gasteiger partial charge in [-0.2, -0.15) is 0 Å². The summed E-state index contributed by atoms with van der Waals surface area (Å²) in [6.45, 7) is 9.61. The van der Waals surface area contributed by atoms with Crippen LogP contribution in [0.3, 0.4) is 0 Å². The second-order valence-electron chi connectivity index (χ2n) is 5.67. The fraction of sp³-hybridized carbons (Fsp3) is 0.625. The van der Waals surface area contributed by atoms with E-state index in [0.29, 0.717) is 42.6 Å². The van der Waals surface area contributed by atoms with Crippen LogP contribution < -0.4 is 0 Å². The zero-order valence-electron chi connectivity index (χ0n) is 14.8. The molecular formula is C16H25N5O3. The summed E-state index contributed by atoms with van der Waals surface area (Å²) in [6.07, 6.45) is 0.756. The minimum absolute atomic E-state index is 0.0687. The van der Waals surface area contributed by atoms with Gasteiger partial charge in [-0.25, -0.2) is 0 Å². The van der Waals surface area contributed by atoms with Crippen molar-refractivity contribution in [2.75, 3.05) is 33.2 Å². The standard InChI is InChI=1S/C16H25N5O3/c1-5-21(6-2)10-9-20(4)15(22)8-7-14-17-18-16(23-14)13-11-12(3)24-19-13/h11H,5-10H2,1-4H3. The lowest BCUT2D eigenvalue weighted by Gasteiger charge is -2.23. The van der Waals surface area contributed by atoms with E-state index in [-0.39, 0.29) is 5.91 Å². The molecule has 0 aromatic carbocycles. The van der Waals surface area contributed by atoms with Crippen molar-refractivity contribution in [1.29, 1.82) is 0 Å². The molecule has 0 aliphatic heterocycles. The van der Waals surface area contributed by atoms with Crippen molar-refractivity contribution in [3.63, 3.8) is 0 Å². The molecule has 0 saturated heterocycles. The predicted octanol–water partition coefficient (Wildman–Crippen LogP) is 1.77. The number of aromatic nitrogens is 3. The molecule has 0 unspecified atom stereocenters. The number of aryl methyl sites for hydroxylation is 2. The molecule has 0 N–H and O–H groups in total. The first kappa shape index (κ1) is 18.1. The Labute approximate surface area is 141 Å². The van der Waals surface area contributed by atoms with Gasteiger partial charge in [0.1, 0.15) is 5.76 Å². The fourth-order valence-corrected chi connectivity index (χ4v) is 2.29. The zero-order chi connectivity index (χ0) is 17.5. The summed E-state index contributed by atoms with van der Waals surface area (Å²) in [5.74, 6) is 1.48. The molecule has 2 aromatic heterocycles. The van der Waals surface area contributed by atoms with Crippen molar-refractivity contribution >= 4 is 5.91 Å². The lowest BCUT2D eigenvalue weighted by Crippen LogP contribution is -2.36. The maximum atomic E-state index is 12.2. The molecule has 132 valence electrons. The summed E-state index contributed by atoms with van der Waals surface area (Å²) >= 11 is 0. The molecule has 8 heteroatoms. The Balaban J connectivity index is 1.80. The molecule has 0 atom stereocenters. The first-order valence-electron chi connectivity index (χ1n) is 8.25. The first-order chi connectivity index (χ1) is 11.5. The van der Waals surface area contributed by atoms with Crippen LogP contribution in [-0.4, -0.2) is 64.3 Å². The van der Waals surface area contributed by atoms with E-state index in [1.165, 1.54) is 0 Å². The van der Waals surface area contributed by atoms with Crippen LogP contribution in [0.4, 0.5) is 0 Å². The topological polar surface area (TPSA) is 88.5 Å². The lowest BCUT2D eigenvalue weighted by molar-refractivity contribution is -0.130. The van der Waals surface area contributed by atoms with Crippen LogP contribution in [0, 0.1) is 6.92 Å². The normalized spacial score (nSPS) is 11.2. The van der Waals surface area contributed by atoms with Gasteiger partial charge >= 0.3 is 0 Å². The molecule has 0 bridgehead atoms. The number of carbonyl (C=O) groups is 1. The van der Waals surface area contributed by atoms with Crippen LogP contribution in [0.2, 0.25) is 0 Å². The third kappa shape index (κ3) is 4.89. The van der Waals surface area contributed by atoms with E-state index in [2.05, 4.69) is 34.1 Å². The van der Waals surface area contributed by atoms with E-state index in [1.54, 1.807) is 17.9 Å². The molecule has 2 aromatic rings. The van der Waals surface area contributed by atoms with Gasteiger partial charge in [0.2, 0.25) is 11.8 Å². The molecule has 0 radical (unpaired) electrons. The minimum atomic E-state index is 0.0687. The van der Waals surface area contributed by atoms with E-state index in [0.717, 1.165) is 19.6 Å². The highest BCUT2D eigenvalue weighted by molar-refractivity contribution is 5.76. The van der Waals surface area contributed by atoms with Gasteiger partial charge in [-0.05, 0) is 20.0 Å². The summed E-state index contributed by atoms with van der Waals surface area (Å²) in [7, 11) is 1.82. The molecule has 1 amide bonds. The third-order valence-corrected chi connectivity index (χ3v) is 3.94. The van der Waals surface area contributed by atoms with E-state index in [9.17, 15) is 4.79 Å². The largest absolute Gasteiger partial charge is 0.419 e. The Bertz CT molecular complexity index is 648. The smallest absolute Gasteiger partial charge is 0.269 e. The first-order valence-corrected chi connectivity index (χ1v) is 8.25. The summed E-state index contributed by atoms with van der Waals surface area (Å²) < 4.78 is 10.5. The molecule has 8 nitrogen and oxygen atoms in total. The Morgan fingerprint density at radius 2 is 1.96 bits per heavy atom. The van der Waals surface area contributed by atoms with Crippen molar-refractivity contribution in [3.05, 3.63) is 17.7 Å². The van der Waals surface area contributed by atoms with Crippen molar-refractivity contribution < 1.29 is 13.7 Å². The molecule has 2 heterocycles. The number of likely N-dealkylation sites (N-methyl/N-ethyl adjacent to an activating group) is 2. The molecule has 0 spiro atoms. The maximum absolute atomic E-state index is 12.2. The van der Waals surface area contributed by atoms with E-state index < -0.39 is 0 Å². The highest BCUT2D eigenvalue weighted by Gasteiger charge is 2.15. The van der Waals surface area contributed by atoms with Gasteiger partial charge in [0, 0.05) is 39.0 Å². The van der Waals surface area contributed by atoms with Crippen LogP contribution in [-0.2, 0) is 11.2 Å². The van der Waals surface area contributed by atoms with Crippen LogP contribution in [0.1, 0.15) is 31.9 Å². The summed E-state index contributed by atoms with van der Waals surface area (Å²) in [5.41, 5.74) is 0.508. The zero-order valence-corrected chi connectivity index (χ0v) is 14.8. The molecule has 0 aliphatic rings. The third-order valence-electron chi connectivity index (χ3n) is 3.94. The number of amides is 1. The fourth-order valence-electron chi connectivity index (χ4n) is 2.29. The molecule has 0 fully saturated rings. The second kappa shape index (κ2) is 8.58. The second-order valence-corrected chi connectivity index (χ2v) is 5.67. The van der Waals surface area contributed by atoms with Crippen LogP contribution >= 0.6 is 0 Å². The average molecular weight is 335 g/mol. The average Bonchev–Trinajstić information content (AvgIpc) is 3.22. The van der Waals surface area contributed by atoms with Crippen LogP contribution in [0.5, 0.6) is 0 Å². The van der Waals surface area contributed by atoms with Crippen molar-refractivity contribution in [1.82, 2.24) is 25.2 Å². The van der Waals surface area contributed by atoms with E-state index in [1.807, 2.05) is 7.05 Å². The van der Waals surface area contributed by atoms with Gasteiger partial charge in [-0.15, -0.1) is 10.2 Å². The van der Waals surface area contributed by atoms with Crippen LogP contribution in [0.25, 0.3) is 11.6 Å². The van der Waals surface area contributed by atoms with Gasteiger partial charge in [-0.1, -0.05) is 19.0 Å². The Kier molecular flexibility index (Phi) is 6.48. The van der Waals surface area contributed by atoms with Gasteiger partial charge in [-0.3, -0.25) is 4.79 Å². The summed E-state index contributed by atoms with van der Waals surface area (Å²) in [4.78, 5) is 16.2. The Hall–Kier alpha value is -2.22. The van der Waals surface area contributed by atoms with E-state index >= 15 is 0 Å². The van der Waals surface area contributed by atoms with Crippen molar-refractivity contribution in [2.45, 2.75) is 33.6 Å². The molecule has 2 rings (SSSR count). The predicted molar refractivity (Wildman–Crippen MR) is 88.3 cm³/mol. The number of carbonyl (C=O) groups excluding carboxylic acids is 1. The van der Waals surface area contributed by atoms with Gasteiger partial charge in [0.05, 0.1) is 0 Å². The number of nitrogens with zero attached hydrogens (tertiary/aromatic N) is 5. The maximum Gasteiger partial charge on any atom is 0.269 e. The molecule has 24 heavy (non-hydrogen) atoms. The number of hydrogen-bond donors (Lipinski definition) is 0. The van der Waals surface area contributed by atoms with Crippen molar-refractivity contribution in [2.24, 2.45) is 0 Å². The highest BCUT2D eigenvalue weighted by Crippen LogP contribution is 2.17. The molecule has 0 aliphatic carbocycles. The monoisotopic (exact) mass is 335 g/mol. The van der Waals surface area contributed by atoms with E-state index in [4.69, 9.17) is 8.94 Å². The lowest BCUT2D eigenvalue weighted by atomic mass is 10.3. The quantitative estimate of drug-likeness (QED) is 0.690. The Morgan fingerprint density at radius 3 is 2.58 bits per heavy atom. The summed E-state index contributed by atoms with van der Waals surface area (Å²) in [5, 5.41) is 11.7. The number of hydrogen-bond acceptors (Lipinski definition) is 7. The minimum Gasteiger partial charge on any atom is -0.419 e. The SMILES string of the molecule is CCN(CC)CCN(C)C(=O)CCc1nnc(-c2cc(C)on2)o1. The van der Waals surface area contributed by atoms with Gasteiger partial charge < -0.3 is 18.7 Å².